The van der Waals surface area contributed by atoms with E-state index in [0.29, 0.717) is 6.04 Å². The molecule has 0 radical (unpaired) electrons. The van der Waals surface area contributed by atoms with E-state index in [1.165, 1.54) is 12.8 Å². The Bertz CT molecular complexity index is 201. The summed E-state index contributed by atoms with van der Waals surface area (Å²) in [6, 6.07) is 0.568. The third kappa shape index (κ3) is 2.81. The van der Waals surface area contributed by atoms with Crippen LogP contribution in [0, 0.1) is 0 Å². The van der Waals surface area contributed by atoms with Crippen molar-refractivity contribution < 1.29 is 0 Å². The molecule has 74 valence electrons. The molecule has 1 saturated heterocycles. The minimum absolute atomic E-state index is 0.568. The number of nitrogens with zero attached hydrogens (tertiary/aromatic N) is 3. The van der Waals surface area contributed by atoms with Crippen molar-refractivity contribution in [1.82, 2.24) is 20.3 Å². The Kier molecular flexibility index (Phi) is 4.46. The van der Waals surface area contributed by atoms with Crippen molar-refractivity contribution in [3.05, 3.63) is 12.4 Å². The van der Waals surface area contributed by atoms with Crippen LogP contribution in [-0.2, 0) is 0 Å². The summed E-state index contributed by atoms with van der Waals surface area (Å²) in [4.78, 5) is 0. The zero-order valence-electron chi connectivity index (χ0n) is 8.40. The van der Waals surface area contributed by atoms with Crippen LogP contribution in [0.2, 0.25) is 0 Å². The minimum atomic E-state index is 0.568. The van der Waals surface area contributed by atoms with Gasteiger partial charge in [0, 0.05) is 6.20 Å². The van der Waals surface area contributed by atoms with E-state index >= 15 is 0 Å². The van der Waals surface area contributed by atoms with Crippen molar-refractivity contribution in [3.63, 3.8) is 0 Å². The summed E-state index contributed by atoms with van der Waals surface area (Å²) in [6.45, 7) is 6.20. The molecular weight excluding hydrogens is 164 g/mol. The van der Waals surface area contributed by atoms with Crippen molar-refractivity contribution >= 4 is 0 Å². The standard InChI is InChI=1S/C7H12N4.C2H6/c1-3-8-4-2-7(1)11-6-5-9-10-11;1-2/h5-8H,1-4H2;1-2H3. The highest BCUT2D eigenvalue weighted by Crippen LogP contribution is 2.15. The van der Waals surface area contributed by atoms with Gasteiger partial charge in [0.05, 0.1) is 12.2 Å². The third-order valence-electron chi connectivity index (χ3n) is 2.12. The van der Waals surface area contributed by atoms with E-state index in [1.54, 1.807) is 6.20 Å². The van der Waals surface area contributed by atoms with Gasteiger partial charge in [0.15, 0.2) is 0 Å². The molecule has 0 saturated carbocycles. The van der Waals surface area contributed by atoms with Gasteiger partial charge in [0.2, 0.25) is 0 Å². The predicted molar refractivity (Wildman–Crippen MR) is 52.5 cm³/mol. The predicted octanol–water partition coefficient (Wildman–Crippen LogP) is 1.23. The van der Waals surface area contributed by atoms with Crippen LogP contribution in [0.1, 0.15) is 32.7 Å². The van der Waals surface area contributed by atoms with Crippen LogP contribution in [0.3, 0.4) is 0 Å². The number of hydrogen-bond acceptors (Lipinski definition) is 3. The normalized spacial score (nSPS) is 17.7. The van der Waals surface area contributed by atoms with Gasteiger partial charge in [-0.3, -0.25) is 0 Å². The first-order valence-corrected chi connectivity index (χ1v) is 5.03. The average Bonchev–Trinajstić information content (AvgIpc) is 2.75. The first-order valence-electron chi connectivity index (χ1n) is 5.03. The molecule has 13 heavy (non-hydrogen) atoms. The van der Waals surface area contributed by atoms with Gasteiger partial charge < -0.3 is 5.32 Å². The van der Waals surface area contributed by atoms with Crippen LogP contribution in [0.4, 0.5) is 0 Å². The fourth-order valence-electron chi connectivity index (χ4n) is 1.48. The van der Waals surface area contributed by atoms with Crippen LogP contribution in [-0.4, -0.2) is 28.1 Å². The van der Waals surface area contributed by atoms with Gasteiger partial charge in [-0.25, -0.2) is 4.68 Å². The van der Waals surface area contributed by atoms with E-state index in [0.717, 1.165) is 13.1 Å². The van der Waals surface area contributed by atoms with Gasteiger partial charge in [0.1, 0.15) is 0 Å². The Morgan fingerprint density at radius 2 is 2.00 bits per heavy atom. The zero-order chi connectivity index (χ0) is 9.52. The summed E-state index contributed by atoms with van der Waals surface area (Å²) in [6.07, 6.45) is 6.02. The van der Waals surface area contributed by atoms with E-state index in [-0.39, 0.29) is 0 Å². The van der Waals surface area contributed by atoms with Crippen molar-refractivity contribution in [2.45, 2.75) is 32.7 Å². The summed E-state index contributed by atoms with van der Waals surface area (Å²) >= 11 is 0. The van der Waals surface area contributed by atoms with E-state index in [2.05, 4.69) is 15.6 Å². The van der Waals surface area contributed by atoms with Gasteiger partial charge in [0.25, 0.3) is 0 Å². The molecule has 1 aliphatic heterocycles. The monoisotopic (exact) mass is 182 g/mol. The highest BCUT2D eigenvalue weighted by molar-refractivity contribution is 4.76. The minimum Gasteiger partial charge on any atom is -0.317 e. The first-order chi connectivity index (χ1) is 6.47. The summed E-state index contributed by atoms with van der Waals surface area (Å²) in [7, 11) is 0. The molecule has 2 rings (SSSR count). The number of rotatable bonds is 1. The number of hydrogen-bond donors (Lipinski definition) is 1. The zero-order valence-corrected chi connectivity index (χ0v) is 8.40. The molecule has 0 atom stereocenters. The molecule has 0 bridgehead atoms. The lowest BCUT2D eigenvalue weighted by Gasteiger charge is -2.21. The van der Waals surface area contributed by atoms with Gasteiger partial charge >= 0.3 is 0 Å². The van der Waals surface area contributed by atoms with Gasteiger partial charge in [-0.15, -0.1) is 5.10 Å². The molecule has 1 aliphatic rings. The number of aromatic nitrogens is 3. The lowest BCUT2D eigenvalue weighted by atomic mass is 10.1. The molecule has 1 aromatic heterocycles. The Morgan fingerprint density at radius 3 is 2.54 bits per heavy atom. The molecular formula is C9H18N4. The maximum Gasteiger partial charge on any atom is 0.0693 e. The van der Waals surface area contributed by atoms with E-state index in [1.807, 2.05) is 24.7 Å². The van der Waals surface area contributed by atoms with Crippen LogP contribution >= 0.6 is 0 Å². The summed E-state index contributed by atoms with van der Waals surface area (Å²) in [5, 5.41) is 11.1. The van der Waals surface area contributed by atoms with Crippen LogP contribution in [0.15, 0.2) is 12.4 Å². The Morgan fingerprint density at radius 1 is 1.31 bits per heavy atom. The fourth-order valence-corrected chi connectivity index (χ4v) is 1.48. The molecule has 1 fully saturated rings. The van der Waals surface area contributed by atoms with Crippen LogP contribution in [0.5, 0.6) is 0 Å². The maximum atomic E-state index is 3.98. The van der Waals surface area contributed by atoms with Crippen molar-refractivity contribution in [2.24, 2.45) is 0 Å². The van der Waals surface area contributed by atoms with Crippen molar-refractivity contribution in [3.8, 4) is 0 Å². The van der Waals surface area contributed by atoms with Crippen LogP contribution < -0.4 is 5.32 Å². The molecule has 0 unspecified atom stereocenters. The smallest absolute Gasteiger partial charge is 0.0693 e. The van der Waals surface area contributed by atoms with Gasteiger partial charge in [-0.2, -0.15) is 0 Å². The summed E-state index contributed by atoms with van der Waals surface area (Å²) < 4.78 is 1.96. The average molecular weight is 182 g/mol. The maximum absolute atomic E-state index is 3.98. The molecule has 0 aromatic carbocycles. The van der Waals surface area contributed by atoms with E-state index < -0.39 is 0 Å². The number of piperidine rings is 1. The van der Waals surface area contributed by atoms with Crippen molar-refractivity contribution in [2.75, 3.05) is 13.1 Å². The Labute approximate surface area is 79.3 Å². The molecule has 4 heteroatoms. The molecule has 0 spiro atoms. The quantitative estimate of drug-likeness (QED) is 0.710. The third-order valence-corrected chi connectivity index (χ3v) is 2.12. The topological polar surface area (TPSA) is 42.7 Å². The summed E-state index contributed by atoms with van der Waals surface area (Å²) in [5.41, 5.74) is 0. The highest BCUT2D eigenvalue weighted by atomic mass is 15.4. The van der Waals surface area contributed by atoms with E-state index in [9.17, 15) is 0 Å². The Balaban J connectivity index is 0.000000396. The summed E-state index contributed by atoms with van der Waals surface area (Å²) in [5.74, 6) is 0. The van der Waals surface area contributed by atoms with Crippen molar-refractivity contribution in [1.29, 1.82) is 0 Å². The molecule has 0 aliphatic carbocycles. The Hall–Kier alpha value is -0.900. The molecule has 4 nitrogen and oxygen atoms in total. The second-order valence-corrected chi connectivity index (χ2v) is 2.86. The molecule has 1 N–H and O–H groups in total. The molecule has 2 heterocycles. The largest absolute Gasteiger partial charge is 0.317 e. The van der Waals surface area contributed by atoms with Gasteiger partial charge in [-0.05, 0) is 25.9 Å². The lowest BCUT2D eigenvalue weighted by Crippen LogP contribution is -2.29. The second kappa shape index (κ2) is 5.70. The van der Waals surface area contributed by atoms with E-state index in [4.69, 9.17) is 0 Å². The van der Waals surface area contributed by atoms with Crippen LogP contribution in [0.25, 0.3) is 0 Å². The fraction of sp³-hybridized carbons (Fsp3) is 0.778. The first kappa shape index (κ1) is 10.2. The highest BCUT2D eigenvalue weighted by Gasteiger charge is 2.14. The lowest BCUT2D eigenvalue weighted by molar-refractivity contribution is 0.337. The van der Waals surface area contributed by atoms with Gasteiger partial charge in [-0.1, -0.05) is 19.1 Å². The molecule has 1 aromatic rings. The molecule has 0 amide bonds. The second-order valence-electron chi connectivity index (χ2n) is 2.86. The number of nitrogens with one attached hydrogen (secondary N) is 1. The SMILES string of the molecule is CC.c1cn(C2CCNCC2)nn1.